The van der Waals surface area contributed by atoms with Crippen LogP contribution in [-0.4, -0.2) is 23.1 Å². The lowest BCUT2D eigenvalue weighted by Gasteiger charge is -2.29. The minimum atomic E-state index is -0.0551. The summed E-state index contributed by atoms with van der Waals surface area (Å²) >= 11 is 0. The summed E-state index contributed by atoms with van der Waals surface area (Å²) in [5, 5.41) is 10.8. The normalized spacial score (nSPS) is 12.4. The van der Waals surface area contributed by atoms with E-state index in [1.54, 1.807) is 0 Å². The first-order valence-corrected chi connectivity index (χ1v) is 9.09. The molecule has 0 aliphatic carbocycles. The van der Waals surface area contributed by atoms with Gasteiger partial charge < -0.3 is 5.11 Å². The molecular weight excluding hydrogens is 318 g/mol. The summed E-state index contributed by atoms with van der Waals surface area (Å²) in [6.07, 6.45) is 2.35. The number of rotatable bonds is 6. The Morgan fingerprint density at radius 2 is 1.21 bits per heavy atom. The van der Waals surface area contributed by atoms with E-state index >= 15 is 0 Å². The maximum absolute atomic E-state index is 10.8. The van der Waals surface area contributed by atoms with Gasteiger partial charge in [0.2, 0.25) is 0 Å². The minimum absolute atomic E-state index is 0. The van der Waals surface area contributed by atoms with Crippen molar-refractivity contribution in [2.24, 2.45) is 0 Å². The van der Waals surface area contributed by atoms with Crippen molar-refractivity contribution in [2.45, 2.75) is 85.6 Å². The molecule has 1 aromatic carbocycles. The fourth-order valence-corrected chi connectivity index (χ4v) is 3.09. The Morgan fingerprint density at radius 3 is 1.50 bits per heavy atom. The van der Waals surface area contributed by atoms with Crippen LogP contribution in [0.2, 0.25) is 0 Å². The number of hydrogen-bond acceptors (Lipinski definition) is 2. The molecule has 0 fully saturated rings. The predicted octanol–water partition coefficient (Wildman–Crippen LogP) is 6.03. The van der Waals surface area contributed by atoms with Gasteiger partial charge in [-0.05, 0) is 53.5 Å². The van der Waals surface area contributed by atoms with E-state index in [1.807, 2.05) is 0 Å². The van der Waals surface area contributed by atoms with E-state index in [1.165, 1.54) is 18.4 Å². The zero-order valence-electron chi connectivity index (χ0n) is 17.0. The highest BCUT2D eigenvalue weighted by atomic mass is 35.5. The molecule has 1 aromatic rings. The van der Waals surface area contributed by atoms with E-state index in [9.17, 15) is 5.11 Å². The molecule has 0 aliphatic heterocycles. The standard InChI is InChI=1S/C21H37NO.ClH/c1-9-11-22(12-10-2)15-16-13-17(20(3,4)5)19(23)18(14-16)21(6,7)8;/h13-14,23H,9-12,15H2,1-8H3;1H. The highest BCUT2D eigenvalue weighted by molar-refractivity contribution is 5.85. The summed E-state index contributed by atoms with van der Waals surface area (Å²) in [6, 6.07) is 4.42. The van der Waals surface area contributed by atoms with Crippen molar-refractivity contribution in [3.05, 3.63) is 28.8 Å². The molecule has 0 bridgehead atoms. The molecule has 2 nitrogen and oxygen atoms in total. The topological polar surface area (TPSA) is 23.5 Å². The number of halogens is 1. The zero-order chi connectivity index (χ0) is 17.8. The van der Waals surface area contributed by atoms with Crippen LogP contribution in [0.25, 0.3) is 0 Å². The van der Waals surface area contributed by atoms with Gasteiger partial charge in [-0.3, -0.25) is 4.90 Å². The second kappa shape index (κ2) is 9.10. The van der Waals surface area contributed by atoms with E-state index in [0.717, 1.165) is 30.8 Å². The summed E-state index contributed by atoms with van der Waals surface area (Å²) < 4.78 is 0. The largest absolute Gasteiger partial charge is 0.507 e. The maximum Gasteiger partial charge on any atom is 0.123 e. The van der Waals surface area contributed by atoms with Crippen molar-refractivity contribution in [2.75, 3.05) is 13.1 Å². The highest BCUT2D eigenvalue weighted by Crippen LogP contribution is 2.40. The van der Waals surface area contributed by atoms with Crippen molar-refractivity contribution >= 4 is 12.4 Å². The molecule has 24 heavy (non-hydrogen) atoms. The first-order valence-electron chi connectivity index (χ1n) is 9.09. The third-order valence-electron chi connectivity index (χ3n) is 4.27. The monoisotopic (exact) mass is 355 g/mol. The fourth-order valence-electron chi connectivity index (χ4n) is 3.09. The van der Waals surface area contributed by atoms with E-state index < -0.39 is 0 Å². The van der Waals surface area contributed by atoms with Crippen molar-refractivity contribution in [3.63, 3.8) is 0 Å². The Bertz CT molecular complexity index is 471. The minimum Gasteiger partial charge on any atom is -0.507 e. The number of benzene rings is 1. The van der Waals surface area contributed by atoms with E-state index in [2.05, 4.69) is 72.4 Å². The molecule has 0 aliphatic rings. The lowest BCUT2D eigenvalue weighted by Crippen LogP contribution is -2.26. The Labute approximate surface area is 156 Å². The number of hydrogen-bond donors (Lipinski definition) is 1. The Hall–Kier alpha value is -0.730. The van der Waals surface area contributed by atoms with Crippen LogP contribution in [-0.2, 0) is 17.4 Å². The fraction of sp³-hybridized carbons (Fsp3) is 0.714. The predicted molar refractivity (Wildman–Crippen MR) is 109 cm³/mol. The molecule has 0 atom stereocenters. The van der Waals surface area contributed by atoms with Crippen molar-refractivity contribution < 1.29 is 5.11 Å². The molecule has 3 heteroatoms. The molecule has 1 rings (SSSR count). The average Bonchev–Trinajstić information content (AvgIpc) is 2.38. The van der Waals surface area contributed by atoms with Crippen molar-refractivity contribution in [3.8, 4) is 5.75 Å². The van der Waals surface area contributed by atoms with E-state index in [0.29, 0.717) is 5.75 Å². The lowest BCUT2D eigenvalue weighted by molar-refractivity contribution is 0.266. The summed E-state index contributed by atoms with van der Waals surface area (Å²) in [5.41, 5.74) is 3.33. The Balaban J connectivity index is 0.00000529. The molecule has 0 heterocycles. The Kier molecular flexibility index (Phi) is 8.83. The molecule has 0 spiro atoms. The van der Waals surface area contributed by atoms with Crippen LogP contribution < -0.4 is 0 Å². The van der Waals surface area contributed by atoms with E-state index in [-0.39, 0.29) is 23.2 Å². The highest BCUT2D eigenvalue weighted by Gasteiger charge is 2.26. The van der Waals surface area contributed by atoms with Crippen molar-refractivity contribution in [1.82, 2.24) is 4.90 Å². The first-order chi connectivity index (χ1) is 10.5. The molecule has 0 amide bonds. The van der Waals surface area contributed by atoms with Gasteiger partial charge in [0.1, 0.15) is 5.75 Å². The number of phenols is 1. The van der Waals surface area contributed by atoms with Crippen LogP contribution in [0.4, 0.5) is 0 Å². The quantitative estimate of drug-likeness (QED) is 0.673. The number of phenolic OH excluding ortho intramolecular Hbond substituents is 1. The molecule has 1 N–H and O–H groups in total. The molecule has 0 saturated heterocycles. The van der Waals surface area contributed by atoms with Crippen LogP contribution in [0.5, 0.6) is 5.75 Å². The molecule has 0 unspecified atom stereocenters. The zero-order valence-corrected chi connectivity index (χ0v) is 17.8. The second-order valence-electron chi connectivity index (χ2n) is 8.82. The van der Waals surface area contributed by atoms with Gasteiger partial charge in [0.25, 0.3) is 0 Å². The van der Waals surface area contributed by atoms with Gasteiger partial charge >= 0.3 is 0 Å². The second-order valence-corrected chi connectivity index (χ2v) is 8.82. The van der Waals surface area contributed by atoms with Gasteiger partial charge in [0, 0.05) is 6.54 Å². The van der Waals surface area contributed by atoms with Crippen LogP contribution in [0.15, 0.2) is 12.1 Å². The summed E-state index contributed by atoms with van der Waals surface area (Å²) in [5.74, 6) is 0.478. The van der Waals surface area contributed by atoms with Gasteiger partial charge in [-0.2, -0.15) is 0 Å². The Morgan fingerprint density at radius 1 is 0.833 bits per heavy atom. The van der Waals surface area contributed by atoms with Crippen LogP contribution >= 0.6 is 12.4 Å². The number of aromatic hydroxyl groups is 1. The maximum atomic E-state index is 10.8. The smallest absolute Gasteiger partial charge is 0.123 e. The van der Waals surface area contributed by atoms with Crippen LogP contribution in [0.3, 0.4) is 0 Å². The van der Waals surface area contributed by atoms with E-state index in [4.69, 9.17) is 0 Å². The van der Waals surface area contributed by atoms with Gasteiger partial charge in [-0.25, -0.2) is 0 Å². The summed E-state index contributed by atoms with van der Waals surface area (Å²) in [6.45, 7) is 20.7. The molecule has 0 radical (unpaired) electrons. The third kappa shape index (κ3) is 6.29. The van der Waals surface area contributed by atoms with Gasteiger partial charge in [0.05, 0.1) is 0 Å². The lowest BCUT2D eigenvalue weighted by atomic mass is 9.78. The third-order valence-corrected chi connectivity index (χ3v) is 4.27. The molecule has 0 aromatic heterocycles. The van der Waals surface area contributed by atoms with Crippen molar-refractivity contribution in [1.29, 1.82) is 0 Å². The summed E-state index contributed by atoms with van der Waals surface area (Å²) in [4.78, 5) is 2.52. The molecule has 0 saturated carbocycles. The average molecular weight is 356 g/mol. The molecular formula is C21H38ClNO. The van der Waals surface area contributed by atoms with Gasteiger partial charge in [-0.1, -0.05) is 67.5 Å². The SMILES string of the molecule is CCCN(CCC)Cc1cc(C(C)(C)C)c(O)c(C(C)(C)C)c1.Cl. The number of nitrogens with zero attached hydrogens (tertiary/aromatic N) is 1. The van der Waals surface area contributed by atoms with Crippen LogP contribution in [0.1, 0.15) is 84.9 Å². The van der Waals surface area contributed by atoms with Crippen LogP contribution in [0, 0.1) is 0 Å². The molecule has 140 valence electrons. The van der Waals surface area contributed by atoms with Gasteiger partial charge in [-0.15, -0.1) is 12.4 Å². The first kappa shape index (κ1) is 23.3. The van der Waals surface area contributed by atoms with Gasteiger partial charge in [0.15, 0.2) is 0 Å². The summed E-state index contributed by atoms with van der Waals surface area (Å²) in [7, 11) is 0.